The van der Waals surface area contributed by atoms with Gasteiger partial charge >= 0.3 is 0 Å². The van der Waals surface area contributed by atoms with Crippen LogP contribution in [0.1, 0.15) is 31.7 Å². The lowest BCUT2D eigenvalue weighted by atomic mass is 10.0. The number of hydrogen-bond acceptors (Lipinski definition) is 2. The van der Waals surface area contributed by atoms with Crippen LogP contribution in [-0.2, 0) is 4.74 Å². The molecular formula is C15H20N2OS. The zero-order chi connectivity index (χ0) is 13.4. The molecule has 2 fully saturated rings. The summed E-state index contributed by atoms with van der Waals surface area (Å²) >= 11 is 5.53. The van der Waals surface area contributed by atoms with Crippen LogP contribution in [-0.4, -0.2) is 35.3 Å². The van der Waals surface area contributed by atoms with Crippen molar-refractivity contribution in [1.82, 2.24) is 4.90 Å². The smallest absolute Gasteiger partial charge is 0.173 e. The number of nitrogens with one attached hydrogen (secondary N) is 1. The standard InChI is InChI=1S/C15H20N2OS/c1-10(2)11-4-3-5-12(8-11)16-15(19)17-6-7-18-14-9-13(14)17/h3-5,8,10,13-14H,6-7,9H2,1-2H3,(H,16,19). The first-order chi connectivity index (χ1) is 9.15. The Morgan fingerprint density at radius 1 is 1.47 bits per heavy atom. The Bertz CT molecular complexity index is 489. The van der Waals surface area contributed by atoms with Gasteiger partial charge in [-0.3, -0.25) is 0 Å². The molecule has 4 heteroatoms. The van der Waals surface area contributed by atoms with E-state index in [2.05, 4.69) is 48.3 Å². The van der Waals surface area contributed by atoms with E-state index in [1.54, 1.807) is 0 Å². The molecule has 3 rings (SSSR count). The van der Waals surface area contributed by atoms with Crippen molar-refractivity contribution in [1.29, 1.82) is 0 Å². The van der Waals surface area contributed by atoms with Gasteiger partial charge in [0.2, 0.25) is 0 Å². The van der Waals surface area contributed by atoms with E-state index in [1.807, 2.05) is 0 Å². The number of thiocarbonyl (C=S) groups is 1. The Morgan fingerprint density at radius 2 is 2.32 bits per heavy atom. The monoisotopic (exact) mass is 276 g/mol. The molecule has 102 valence electrons. The van der Waals surface area contributed by atoms with Crippen molar-refractivity contribution in [2.75, 3.05) is 18.5 Å². The Kier molecular flexibility index (Phi) is 3.46. The maximum absolute atomic E-state index is 5.60. The van der Waals surface area contributed by atoms with Crippen LogP contribution in [0.3, 0.4) is 0 Å². The van der Waals surface area contributed by atoms with Gasteiger partial charge in [0, 0.05) is 12.2 Å². The lowest BCUT2D eigenvalue weighted by Crippen LogP contribution is -2.43. The SMILES string of the molecule is CC(C)c1cccc(NC(=S)N2CCOC3CC32)c1. The summed E-state index contributed by atoms with van der Waals surface area (Å²) in [7, 11) is 0. The van der Waals surface area contributed by atoms with E-state index in [0.717, 1.165) is 30.4 Å². The molecule has 1 aliphatic carbocycles. The number of morpholine rings is 1. The van der Waals surface area contributed by atoms with E-state index in [1.165, 1.54) is 5.56 Å². The minimum Gasteiger partial charge on any atom is -0.374 e. The number of rotatable bonds is 2. The third-order valence-electron chi connectivity index (χ3n) is 3.83. The van der Waals surface area contributed by atoms with Crippen LogP contribution >= 0.6 is 12.2 Å². The van der Waals surface area contributed by atoms with E-state index >= 15 is 0 Å². The van der Waals surface area contributed by atoms with Gasteiger partial charge < -0.3 is 15.0 Å². The quantitative estimate of drug-likeness (QED) is 0.839. The molecule has 2 atom stereocenters. The molecule has 1 saturated heterocycles. The summed E-state index contributed by atoms with van der Waals surface area (Å²) in [5.41, 5.74) is 2.42. The Hall–Kier alpha value is -1.13. The van der Waals surface area contributed by atoms with Crippen LogP contribution in [0, 0.1) is 0 Å². The minimum atomic E-state index is 0.412. The largest absolute Gasteiger partial charge is 0.374 e. The molecule has 0 amide bonds. The van der Waals surface area contributed by atoms with Crippen molar-refractivity contribution in [2.24, 2.45) is 0 Å². The van der Waals surface area contributed by atoms with Crippen molar-refractivity contribution in [3.05, 3.63) is 29.8 Å². The predicted molar refractivity (Wildman–Crippen MR) is 81.6 cm³/mol. The van der Waals surface area contributed by atoms with Gasteiger partial charge in [0.25, 0.3) is 0 Å². The molecule has 1 aromatic rings. The van der Waals surface area contributed by atoms with Crippen LogP contribution < -0.4 is 5.32 Å². The number of hydrogen-bond donors (Lipinski definition) is 1. The number of benzene rings is 1. The maximum atomic E-state index is 5.60. The zero-order valence-electron chi connectivity index (χ0n) is 11.4. The molecule has 1 saturated carbocycles. The van der Waals surface area contributed by atoms with Crippen molar-refractivity contribution < 1.29 is 4.74 Å². The van der Waals surface area contributed by atoms with Gasteiger partial charge in [-0.05, 0) is 42.3 Å². The first kappa shape index (κ1) is 12.9. The van der Waals surface area contributed by atoms with Gasteiger partial charge in [0.15, 0.2) is 5.11 Å². The molecule has 19 heavy (non-hydrogen) atoms. The van der Waals surface area contributed by atoms with Crippen LogP contribution in [0.2, 0.25) is 0 Å². The van der Waals surface area contributed by atoms with E-state index in [4.69, 9.17) is 17.0 Å². The lowest BCUT2D eigenvalue weighted by Gasteiger charge is -2.29. The van der Waals surface area contributed by atoms with Crippen LogP contribution in [0.5, 0.6) is 0 Å². The highest BCUT2D eigenvalue weighted by Gasteiger charge is 2.46. The Labute approximate surface area is 119 Å². The molecule has 3 nitrogen and oxygen atoms in total. The first-order valence-electron chi connectivity index (χ1n) is 6.94. The summed E-state index contributed by atoms with van der Waals surface area (Å²) in [6, 6.07) is 9.00. The second-order valence-electron chi connectivity index (χ2n) is 5.62. The average molecular weight is 276 g/mol. The van der Waals surface area contributed by atoms with Gasteiger partial charge in [0.05, 0.1) is 18.8 Å². The summed E-state index contributed by atoms with van der Waals surface area (Å²) in [6.07, 6.45) is 1.53. The van der Waals surface area contributed by atoms with Crippen molar-refractivity contribution in [3.63, 3.8) is 0 Å². The number of anilines is 1. The van der Waals surface area contributed by atoms with E-state index < -0.39 is 0 Å². The topological polar surface area (TPSA) is 24.5 Å². The third-order valence-corrected chi connectivity index (χ3v) is 4.17. The van der Waals surface area contributed by atoms with E-state index in [-0.39, 0.29) is 0 Å². The summed E-state index contributed by atoms with van der Waals surface area (Å²) in [5, 5.41) is 4.20. The van der Waals surface area contributed by atoms with Gasteiger partial charge in [-0.25, -0.2) is 0 Å². The molecule has 1 N–H and O–H groups in total. The molecule has 0 spiro atoms. The Morgan fingerprint density at radius 3 is 3.11 bits per heavy atom. The molecule has 0 radical (unpaired) electrons. The molecule has 1 aliphatic heterocycles. The van der Waals surface area contributed by atoms with Crippen LogP contribution in [0.25, 0.3) is 0 Å². The predicted octanol–water partition coefficient (Wildman–Crippen LogP) is 2.98. The summed E-state index contributed by atoms with van der Waals surface area (Å²) in [5.74, 6) is 0.534. The molecule has 1 heterocycles. The summed E-state index contributed by atoms with van der Waals surface area (Å²) in [4.78, 5) is 2.27. The number of fused-ring (bicyclic) bond motifs is 1. The highest BCUT2D eigenvalue weighted by molar-refractivity contribution is 7.80. The maximum Gasteiger partial charge on any atom is 0.173 e. The van der Waals surface area contributed by atoms with Crippen molar-refractivity contribution in [2.45, 2.75) is 38.3 Å². The second kappa shape index (κ2) is 5.10. The summed E-state index contributed by atoms with van der Waals surface area (Å²) < 4.78 is 5.60. The van der Waals surface area contributed by atoms with Crippen molar-refractivity contribution in [3.8, 4) is 0 Å². The lowest BCUT2D eigenvalue weighted by molar-refractivity contribution is 0.0589. The fourth-order valence-corrected chi connectivity index (χ4v) is 2.90. The third kappa shape index (κ3) is 2.74. The molecule has 0 bridgehead atoms. The van der Waals surface area contributed by atoms with Gasteiger partial charge in [-0.15, -0.1) is 0 Å². The number of nitrogens with zero attached hydrogens (tertiary/aromatic N) is 1. The Balaban J connectivity index is 1.67. The van der Waals surface area contributed by atoms with Gasteiger partial charge in [-0.2, -0.15) is 0 Å². The minimum absolute atomic E-state index is 0.412. The normalized spacial score (nSPS) is 25.1. The highest BCUT2D eigenvalue weighted by Crippen LogP contribution is 2.34. The molecule has 1 aromatic carbocycles. The molecule has 2 unspecified atom stereocenters. The van der Waals surface area contributed by atoms with E-state index in [0.29, 0.717) is 18.1 Å². The zero-order valence-corrected chi connectivity index (χ0v) is 12.2. The fourth-order valence-electron chi connectivity index (χ4n) is 2.56. The van der Waals surface area contributed by atoms with Crippen LogP contribution in [0.4, 0.5) is 5.69 Å². The van der Waals surface area contributed by atoms with Gasteiger partial charge in [0.1, 0.15) is 0 Å². The molecule has 0 aromatic heterocycles. The first-order valence-corrected chi connectivity index (χ1v) is 7.35. The average Bonchev–Trinajstić information content (AvgIpc) is 3.17. The van der Waals surface area contributed by atoms with Gasteiger partial charge in [-0.1, -0.05) is 26.0 Å². The van der Waals surface area contributed by atoms with E-state index in [9.17, 15) is 0 Å². The van der Waals surface area contributed by atoms with Crippen molar-refractivity contribution >= 4 is 23.0 Å². The second-order valence-corrected chi connectivity index (χ2v) is 6.00. The molecule has 2 aliphatic rings. The number of ether oxygens (including phenoxy) is 1. The fraction of sp³-hybridized carbons (Fsp3) is 0.533. The van der Waals surface area contributed by atoms with Crippen LogP contribution in [0.15, 0.2) is 24.3 Å². The summed E-state index contributed by atoms with van der Waals surface area (Å²) in [6.45, 7) is 6.09. The molecular weight excluding hydrogens is 256 g/mol. The highest BCUT2D eigenvalue weighted by atomic mass is 32.1.